The number of carbonyl (C=O) groups is 1. The SMILES string of the molecule is CCc1nnsc1C(=O)Nc1ccccc1. The Balaban J connectivity index is 2.15. The molecule has 0 aliphatic rings. The predicted octanol–water partition coefficient (Wildman–Crippen LogP) is 2.35. The molecule has 0 fully saturated rings. The van der Waals surface area contributed by atoms with Crippen molar-refractivity contribution in [3.8, 4) is 0 Å². The molecule has 0 atom stereocenters. The highest BCUT2D eigenvalue weighted by Crippen LogP contribution is 2.14. The highest BCUT2D eigenvalue weighted by Gasteiger charge is 2.14. The fourth-order valence-corrected chi connectivity index (χ4v) is 1.97. The summed E-state index contributed by atoms with van der Waals surface area (Å²) in [7, 11) is 0. The summed E-state index contributed by atoms with van der Waals surface area (Å²) in [4.78, 5) is 12.5. The number of para-hydroxylation sites is 1. The van der Waals surface area contributed by atoms with E-state index in [1.807, 2.05) is 37.3 Å². The highest BCUT2D eigenvalue weighted by molar-refractivity contribution is 7.08. The zero-order valence-electron chi connectivity index (χ0n) is 8.80. The largest absolute Gasteiger partial charge is 0.321 e. The summed E-state index contributed by atoms with van der Waals surface area (Å²) in [5.41, 5.74) is 1.53. The molecule has 82 valence electrons. The predicted molar refractivity (Wildman–Crippen MR) is 63.7 cm³/mol. The number of aromatic nitrogens is 2. The van der Waals surface area contributed by atoms with Crippen LogP contribution in [-0.4, -0.2) is 15.5 Å². The lowest BCUT2D eigenvalue weighted by Crippen LogP contribution is -2.12. The number of nitrogens with zero attached hydrogens (tertiary/aromatic N) is 2. The maximum absolute atomic E-state index is 11.9. The van der Waals surface area contributed by atoms with Crippen molar-refractivity contribution < 1.29 is 4.79 Å². The van der Waals surface area contributed by atoms with Crippen LogP contribution >= 0.6 is 11.5 Å². The van der Waals surface area contributed by atoms with E-state index in [2.05, 4.69) is 14.9 Å². The Kier molecular flexibility index (Phi) is 3.26. The summed E-state index contributed by atoms with van der Waals surface area (Å²) in [6.45, 7) is 1.95. The molecule has 5 heteroatoms. The third-order valence-electron chi connectivity index (χ3n) is 2.13. The van der Waals surface area contributed by atoms with Crippen LogP contribution in [0.15, 0.2) is 30.3 Å². The molecule has 0 aliphatic carbocycles. The number of hydrogen-bond acceptors (Lipinski definition) is 4. The van der Waals surface area contributed by atoms with Crippen molar-refractivity contribution in [1.29, 1.82) is 0 Å². The minimum absolute atomic E-state index is 0.141. The van der Waals surface area contributed by atoms with E-state index in [9.17, 15) is 4.79 Å². The van der Waals surface area contributed by atoms with Crippen LogP contribution in [0.3, 0.4) is 0 Å². The van der Waals surface area contributed by atoms with E-state index in [4.69, 9.17) is 0 Å². The number of carbonyl (C=O) groups excluding carboxylic acids is 1. The van der Waals surface area contributed by atoms with Gasteiger partial charge in [-0.25, -0.2) is 0 Å². The molecule has 1 aromatic heterocycles. The Morgan fingerprint density at radius 2 is 2.12 bits per heavy atom. The second-order valence-corrected chi connectivity index (χ2v) is 3.98. The van der Waals surface area contributed by atoms with Gasteiger partial charge in [0.2, 0.25) is 0 Å². The molecule has 0 spiro atoms. The van der Waals surface area contributed by atoms with Gasteiger partial charge in [0, 0.05) is 5.69 Å². The molecule has 2 aromatic rings. The summed E-state index contributed by atoms with van der Waals surface area (Å²) < 4.78 is 3.79. The summed E-state index contributed by atoms with van der Waals surface area (Å²) >= 11 is 1.13. The van der Waals surface area contributed by atoms with E-state index in [0.29, 0.717) is 11.3 Å². The maximum Gasteiger partial charge on any atom is 0.269 e. The third kappa shape index (κ3) is 2.25. The molecule has 1 N–H and O–H groups in total. The first-order valence-electron chi connectivity index (χ1n) is 4.99. The second kappa shape index (κ2) is 4.85. The lowest BCUT2D eigenvalue weighted by atomic mass is 10.2. The molecule has 0 radical (unpaired) electrons. The summed E-state index contributed by atoms with van der Waals surface area (Å²) in [5, 5.41) is 6.72. The number of amides is 1. The van der Waals surface area contributed by atoms with Gasteiger partial charge in [0.25, 0.3) is 5.91 Å². The highest BCUT2D eigenvalue weighted by atomic mass is 32.1. The average Bonchev–Trinajstić information content (AvgIpc) is 2.78. The normalized spacial score (nSPS) is 10.1. The summed E-state index contributed by atoms with van der Waals surface area (Å²) in [5.74, 6) is -0.141. The Labute approximate surface area is 97.5 Å². The van der Waals surface area contributed by atoms with Gasteiger partial charge in [0.15, 0.2) is 0 Å². The molecule has 1 heterocycles. The van der Waals surface area contributed by atoms with Gasteiger partial charge < -0.3 is 5.32 Å². The van der Waals surface area contributed by atoms with Crippen molar-refractivity contribution in [2.45, 2.75) is 13.3 Å². The van der Waals surface area contributed by atoms with Crippen molar-refractivity contribution in [2.75, 3.05) is 5.32 Å². The molecule has 0 unspecified atom stereocenters. The van der Waals surface area contributed by atoms with Gasteiger partial charge in [-0.2, -0.15) is 0 Å². The standard InChI is InChI=1S/C11H11N3OS/c1-2-9-10(16-14-13-9)11(15)12-8-6-4-3-5-7-8/h3-7H,2H2,1H3,(H,12,15). The quantitative estimate of drug-likeness (QED) is 0.885. The van der Waals surface area contributed by atoms with Gasteiger partial charge in [-0.05, 0) is 30.1 Å². The first-order valence-corrected chi connectivity index (χ1v) is 5.76. The zero-order chi connectivity index (χ0) is 11.4. The van der Waals surface area contributed by atoms with E-state index >= 15 is 0 Å². The maximum atomic E-state index is 11.9. The molecule has 0 aliphatic heterocycles. The molecule has 0 bridgehead atoms. The number of benzene rings is 1. The van der Waals surface area contributed by atoms with Crippen LogP contribution in [0.2, 0.25) is 0 Å². The van der Waals surface area contributed by atoms with Crippen LogP contribution in [0.1, 0.15) is 22.3 Å². The Hall–Kier alpha value is -1.75. The lowest BCUT2D eigenvalue weighted by Gasteiger charge is -2.02. The summed E-state index contributed by atoms with van der Waals surface area (Å²) in [6.07, 6.45) is 0.716. The van der Waals surface area contributed by atoms with Crippen LogP contribution < -0.4 is 5.32 Å². The Bertz CT molecular complexity index is 481. The van der Waals surface area contributed by atoms with Gasteiger partial charge in [-0.3, -0.25) is 4.79 Å². The molecular weight excluding hydrogens is 222 g/mol. The van der Waals surface area contributed by atoms with Gasteiger partial charge in [-0.1, -0.05) is 29.6 Å². The molecule has 1 aromatic carbocycles. The van der Waals surface area contributed by atoms with Crippen molar-refractivity contribution in [2.24, 2.45) is 0 Å². The molecule has 16 heavy (non-hydrogen) atoms. The van der Waals surface area contributed by atoms with E-state index in [-0.39, 0.29) is 5.91 Å². The smallest absolute Gasteiger partial charge is 0.269 e. The van der Waals surface area contributed by atoms with Gasteiger partial charge in [-0.15, -0.1) is 5.10 Å². The van der Waals surface area contributed by atoms with Gasteiger partial charge in [0.05, 0.1) is 5.69 Å². The van der Waals surface area contributed by atoms with Crippen LogP contribution in [-0.2, 0) is 6.42 Å². The van der Waals surface area contributed by atoms with Crippen molar-refractivity contribution in [3.63, 3.8) is 0 Å². The van der Waals surface area contributed by atoms with Crippen LogP contribution in [0.4, 0.5) is 5.69 Å². The molecule has 0 saturated heterocycles. The fraction of sp³-hybridized carbons (Fsp3) is 0.182. The number of nitrogens with one attached hydrogen (secondary N) is 1. The number of aryl methyl sites for hydroxylation is 1. The van der Waals surface area contributed by atoms with E-state index < -0.39 is 0 Å². The first-order chi connectivity index (χ1) is 7.81. The molecule has 1 amide bonds. The Morgan fingerprint density at radius 1 is 1.38 bits per heavy atom. The Morgan fingerprint density at radius 3 is 2.81 bits per heavy atom. The third-order valence-corrected chi connectivity index (χ3v) is 2.90. The minimum atomic E-state index is -0.141. The summed E-state index contributed by atoms with van der Waals surface area (Å²) in [6, 6.07) is 9.35. The van der Waals surface area contributed by atoms with E-state index in [0.717, 1.165) is 22.9 Å². The first kappa shape index (κ1) is 10.8. The van der Waals surface area contributed by atoms with Crippen LogP contribution in [0, 0.1) is 0 Å². The monoisotopic (exact) mass is 233 g/mol. The van der Waals surface area contributed by atoms with Gasteiger partial charge in [0.1, 0.15) is 4.88 Å². The number of rotatable bonds is 3. The number of anilines is 1. The van der Waals surface area contributed by atoms with Crippen LogP contribution in [0.25, 0.3) is 0 Å². The second-order valence-electron chi connectivity index (χ2n) is 3.22. The molecular formula is C11H11N3OS. The molecule has 2 rings (SSSR count). The van der Waals surface area contributed by atoms with Crippen molar-refractivity contribution >= 4 is 23.1 Å². The lowest BCUT2D eigenvalue weighted by molar-refractivity contribution is 0.102. The van der Waals surface area contributed by atoms with Crippen molar-refractivity contribution in [3.05, 3.63) is 40.9 Å². The minimum Gasteiger partial charge on any atom is -0.321 e. The van der Waals surface area contributed by atoms with Gasteiger partial charge >= 0.3 is 0 Å². The van der Waals surface area contributed by atoms with Crippen molar-refractivity contribution in [1.82, 2.24) is 9.59 Å². The molecule has 0 saturated carbocycles. The van der Waals surface area contributed by atoms with E-state index in [1.54, 1.807) is 0 Å². The fourth-order valence-electron chi connectivity index (χ4n) is 1.32. The molecule has 4 nitrogen and oxygen atoms in total. The number of hydrogen-bond donors (Lipinski definition) is 1. The van der Waals surface area contributed by atoms with E-state index in [1.165, 1.54) is 0 Å². The topological polar surface area (TPSA) is 54.9 Å². The average molecular weight is 233 g/mol. The zero-order valence-corrected chi connectivity index (χ0v) is 9.62. The van der Waals surface area contributed by atoms with Crippen LogP contribution in [0.5, 0.6) is 0 Å².